The Bertz CT molecular complexity index is 463. The second-order valence-corrected chi connectivity index (χ2v) is 7.47. The molecule has 1 aromatic rings. The lowest BCUT2D eigenvalue weighted by Gasteiger charge is -2.40. The molecule has 1 aromatic carbocycles. The number of esters is 1. The van der Waals surface area contributed by atoms with E-state index < -0.39 is 8.15 Å². The minimum absolute atomic E-state index is 0.0697. The SMILES string of the molecule is CC1COC(C)C(OP(C)C)C1OC(=O)c1ccccc1. The van der Waals surface area contributed by atoms with E-state index >= 15 is 0 Å². The molecular formula is C16H23O4P. The molecule has 4 atom stereocenters. The summed E-state index contributed by atoms with van der Waals surface area (Å²) in [6, 6.07) is 9.06. The van der Waals surface area contributed by atoms with Crippen molar-refractivity contribution in [2.24, 2.45) is 5.92 Å². The molecule has 1 aliphatic heterocycles. The second-order valence-electron chi connectivity index (χ2n) is 5.63. The van der Waals surface area contributed by atoms with Crippen LogP contribution in [0.5, 0.6) is 0 Å². The Morgan fingerprint density at radius 3 is 2.48 bits per heavy atom. The topological polar surface area (TPSA) is 44.8 Å². The molecule has 1 fully saturated rings. The zero-order valence-electron chi connectivity index (χ0n) is 13.0. The normalized spacial score (nSPS) is 29.4. The van der Waals surface area contributed by atoms with Crippen molar-refractivity contribution in [1.82, 2.24) is 0 Å². The molecule has 116 valence electrons. The molecule has 0 amide bonds. The maximum absolute atomic E-state index is 12.3. The number of hydrogen-bond donors (Lipinski definition) is 0. The molecule has 0 radical (unpaired) electrons. The molecule has 0 saturated carbocycles. The molecule has 4 unspecified atom stereocenters. The van der Waals surface area contributed by atoms with E-state index in [4.69, 9.17) is 14.0 Å². The third kappa shape index (κ3) is 4.26. The van der Waals surface area contributed by atoms with Crippen LogP contribution in [0.4, 0.5) is 0 Å². The smallest absolute Gasteiger partial charge is 0.338 e. The van der Waals surface area contributed by atoms with Crippen molar-refractivity contribution in [1.29, 1.82) is 0 Å². The van der Waals surface area contributed by atoms with Crippen LogP contribution in [0.25, 0.3) is 0 Å². The first kappa shape index (κ1) is 16.4. The largest absolute Gasteiger partial charge is 0.456 e. The average molecular weight is 310 g/mol. The fourth-order valence-electron chi connectivity index (χ4n) is 2.42. The molecule has 0 aliphatic carbocycles. The Kier molecular flexibility index (Phi) is 5.74. The van der Waals surface area contributed by atoms with Gasteiger partial charge in [-0.15, -0.1) is 0 Å². The van der Waals surface area contributed by atoms with Gasteiger partial charge in [-0.2, -0.15) is 0 Å². The van der Waals surface area contributed by atoms with Crippen molar-refractivity contribution in [2.75, 3.05) is 19.9 Å². The van der Waals surface area contributed by atoms with Gasteiger partial charge in [0, 0.05) is 14.1 Å². The molecular weight excluding hydrogens is 287 g/mol. The van der Waals surface area contributed by atoms with E-state index in [1.807, 2.05) is 45.4 Å². The number of ether oxygens (including phenoxy) is 2. The minimum Gasteiger partial charge on any atom is -0.456 e. The summed E-state index contributed by atoms with van der Waals surface area (Å²) in [6.07, 6.45) is -0.548. The Labute approximate surface area is 127 Å². The van der Waals surface area contributed by atoms with Crippen molar-refractivity contribution < 1.29 is 18.8 Å². The Morgan fingerprint density at radius 2 is 1.86 bits per heavy atom. The summed E-state index contributed by atoms with van der Waals surface area (Å²) in [5.74, 6) is -0.180. The van der Waals surface area contributed by atoms with Crippen molar-refractivity contribution in [3.05, 3.63) is 35.9 Å². The summed E-state index contributed by atoms with van der Waals surface area (Å²) in [6.45, 7) is 8.66. The minimum atomic E-state index is -0.546. The summed E-state index contributed by atoms with van der Waals surface area (Å²) in [5.41, 5.74) is 0.567. The molecule has 1 saturated heterocycles. The lowest BCUT2D eigenvalue weighted by Crippen LogP contribution is -2.50. The summed E-state index contributed by atoms with van der Waals surface area (Å²) in [4.78, 5) is 12.3. The van der Waals surface area contributed by atoms with Gasteiger partial charge in [-0.3, -0.25) is 0 Å². The fourth-order valence-corrected chi connectivity index (χ4v) is 3.20. The maximum atomic E-state index is 12.3. The van der Waals surface area contributed by atoms with Crippen LogP contribution in [0.2, 0.25) is 0 Å². The van der Waals surface area contributed by atoms with E-state index in [9.17, 15) is 4.79 Å². The number of carbonyl (C=O) groups excluding carboxylic acids is 1. The Hall–Kier alpha value is -0.960. The average Bonchev–Trinajstić information content (AvgIpc) is 2.47. The first-order chi connectivity index (χ1) is 9.99. The molecule has 4 nitrogen and oxygen atoms in total. The number of rotatable bonds is 4. The zero-order chi connectivity index (χ0) is 15.4. The molecule has 0 N–H and O–H groups in total. The molecule has 2 rings (SSSR count). The van der Waals surface area contributed by atoms with Crippen LogP contribution in [0.15, 0.2) is 30.3 Å². The summed E-state index contributed by atoms with van der Waals surface area (Å²) < 4.78 is 17.4. The van der Waals surface area contributed by atoms with E-state index in [2.05, 4.69) is 0 Å². The van der Waals surface area contributed by atoms with Gasteiger partial charge in [-0.1, -0.05) is 25.1 Å². The van der Waals surface area contributed by atoms with Crippen LogP contribution in [0.3, 0.4) is 0 Å². The van der Waals surface area contributed by atoms with Gasteiger partial charge in [0.25, 0.3) is 0 Å². The van der Waals surface area contributed by atoms with E-state index in [1.54, 1.807) is 12.1 Å². The highest BCUT2D eigenvalue weighted by molar-refractivity contribution is 7.50. The maximum Gasteiger partial charge on any atom is 0.338 e. The van der Waals surface area contributed by atoms with Gasteiger partial charge in [0.1, 0.15) is 12.2 Å². The van der Waals surface area contributed by atoms with Crippen LogP contribution >= 0.6 is 8.15 Å². The van der Waals surface area contributed by atoms with Crippen molar-refractivity contribution in [3.63, 3.8) is 0 Å². The molecule has 0 spiro atoms. The summed E-state index contributed by atoms with van der Waals surface area (Å²) in [5, 5.41) is 0. The quantitative estimate of drug-likeness (QED) is 0.632. The van der Waals surface area contributed by atoms with Crippen molar-refractivity contribution >= 4 is 14.1 Å². The van der Waals surface area contributed by atoms with Gasteiger partial charge >= 0.3 is 5.97 Å². The van der Waals surface area contributed by atoms with Crippen molar-refractivity contribution in [2.45, 2.75) is 32.2 Å². The predicted molar refractivity (Wildman–Crippen MR) is 83.9 cm³/mol. The van der Waals surface area contributed by atoms with Gasteiger partial charge in [-0.25, -0.2) is 4.79 Å². The second kappa shape index (κ2) is 7.35. The highest BCUT2D eigenvalue weighted by atomic mass is 31.1. The zero-order valence-corrected chi connectivity index (χ0v) is 13.9. The van der Waals surface area contributed by atoms with Gasteiger partial charge < -0.3 is 14.0 Å². The third-order valence-corrected chi connectivity index (χ3v) is 4.22. The Morgan fingerprint density at radius 1 is 1.19 bits per heavy atom. The van der Waals surface area contributed by atoms with Crippen LogP contribution in [0.1, 0.15) is 24.2 Å². The van der Waals surface area contributed by atoms with Crippen molar-refractivity contribution in [3.8, 4) is 0 Å². The van der Waals surface area contributed by atoms with E-state index in [0.717, 1.165) is 0 Å². The van der Waals surface area contributed by atoms with Crippen LogP contribution in [-0.2, 0) is 14.0 Å². The van der Waals surface area contributed by atoms with Crippen LogP contribution in [0, 0.1) is 5.92 Å². The monoisotopic (exact) mass is 310 g/mol. The Balaban J connectivity index is 2.11. The lowest BCUT2D eigenvalue weighted by molar-refractivity contribution is -0.144. The van der Waals surface area contributed by atoms with E-state index in [1.165, 1.54) is 0 Å². The van der Waals surface area contributed by atoms with Gasteiger partial charge in [-0.05, 0) is 32.4 Å². The van der Waals surface area contributed by atoms with Gasteiger partial charge in [0.15, 0.2) is 0 Å². The molecule has 0 aromatic heterocycles. The van der Waals surface area contributed by atoms with Crippen LogP contribution < -0.4 is 0 Å². The standard InChI is InChI=1S/C16H23O4P/c1-11-10-18-12(2)15(20-21(3)4)14(11)19-16(17)13-8-6-5-7-9-13/h5-9,11-12,14-15H,10H2,1-4H3. The van der Waals surface area contributed by atoms with Gasteiger partial charge in [0.05, 0.1) is 18.3 Å². The lowest BCUT2D eigenvalue weighted by atomic mass is 9.94. The first-order valence-electron chi connectivity index (χ1n) is 7.20. The summed E-state index contributed by atoms with van der Waals surface area (Å²) in [7, 11) is -0.546. The summed E-state index contributed by atoms with van der Waals surface area (Å²) >= 11 is 0. The van der Waals surface area contributed by atoms with Crippen LogP contribution in [-0.4, -0.2) is 44.2 Å². The molecule has 0 bridgehead atoms. The molecule has 1 aliphatic rings. The third-order valence-electron chi connectivity index (χ3n) is 3.55. The number of carbonyl (C=O) groups is 1. The molecule has 5 heteroatoms. The molecule has 21 heavy (non-hydrogen) atoms. The number of benzene rings is 1. The van der Waals surface area contributed by atoms with E-state index in [0.29, 0.717) is 12.2 Å². The number of hydrogen-bond acceptors (Lipinski definition) is 4. The highest BCUT2D eigenvalue weighted by Gasteiger charge is 2.40. The molecule has 1 heterocycles. The van der Waals surface area contributed by atoms with Gasteiger partial charge in [0.2, 0.25) is 0 Å². The fraction of sp³-hybridized carbons (Fsp3) is 0.562. The highest BCUT2D eigenvalue weighted by Crippen LogP contribution is 2.36. The van der Waals surface area contributed by atoms with E-state index in [-0.39, 0.29) is 30.2 Å². The predicted octanol–water partition coefficient (Wildman–Crippen LogP) is 3.31. The first-order valence-corrected chi connectivity index (χ1v) is 9.36.